The summed E-state index contributed by atoms with van der Waals surface area (Å²) in [5, 5.41) is 0. The van der Waals surface area contributed by atoms with Gasteiger partial charge in [-0.2, -0.15) is 8.61 Å². The lowest BCUT2D eigenvalue weighted by atomic mass is 10.2. The van der Waals surface area contributed by atoms with Crippen LogP contribution in [0.4, 0.5) is 20.2 Å². The van der Waals surface area contributed by atoms with Gasteiger partial charge >= 0.3 is 0 Å². The first-order valence-corrected chi connectivity index (χ1v) is 15.7. The molecule has 0 bridgehead atoms. The van der Waals surface area contributed by atoms with Gasteiger partial charge in [0.2, 0.25) is 20.0 Å². The largest absolute Gasteiger partial charge is 0.495 e. The summed E-state index contributed by atoms with van der Waals surface area (Å²) in [4.78, 5) is 3.14. The van der Waals surface area contributed by atoms with E-state index in [2.05, 4.69) is 0 Å². The molecule has 0 radical (unpaired) electrons. The van der Waals surface area contributed by atoms with Gasteiger partial charge in [0.15, 0.2) is 0 Å². The molecule has 2 aliphatic heterocycles. The Bertz CT molecular complexity index is 1590. The van der Waals surface area contributed by atoms with Crippen LogP contribution in [0.5, 0.6) is 5.75 Å². The van der Waals surface area contributed by atoms with Crippen molar-refractivity contribution in [3.8, 4) is 5.75 Å². The van der Waals surface area contributed by atoms with Crippen molar-refractivity contribution in [2.75, 3.05) is 69.3 Å². The molecule has 0 N–H and O–H groups in total. The summed E-state index contributed by atoms with van der Waals surface area (Å²) in [5.74, 6) is -0.730. The summed E-state index contributed by atoms with van der Waals surface area (Å²) in [6.45, 7) is 1.52. The minimum Gasteiger partial charge on any atom is -0.495 e. The van der Waals surface area contributed by atoms with Crippen LogP contribution in [0, 0.1) is 11.6 Å². The number of methoxy groups -OCH3 is 1. The number of benzene rings is 3. The summed E-state index contributed by atoms with van der Waals surface area (Å²) in [5.41, 5.74) is 0.813. The molecule has 13 heteroatoms. The number of halogens is 2. The maximum Gasteiger partial charge on any atom is 0.246 e. The van der Waals surface area contributed by atoms with Crippen LogP contribution in [0.1, 0.15) is 0 Å². The quantitative estimate of drug-likeness (QED) is 0.417. The molecule has 5 rings (SSSR count). The standard InChI is InChI=1S/C27H30F2N4O5S2/c1-38-26-11-10-21(39(34,35)32-16-12-30(13-17-32)24-8-4-2-6-22(24)28)20-27(26)40(36,37)33-18-14-31(15-19-33)25-9-5-3-7-23(25)29/h2-11,20H,12-19H2,1H3. The Labute approximate surface area is 233 Å². The van der Waals surface area contributed by atoms with E-state index in [0.29, 0.717) is 11.4 Å². The molecule has 0 aromatic heterocycles. The third-order valence-electron chi connectivity index (χ3n) is 7.25. The van der Waals surface area contributed by atoms with Crippen LogP contribution in [0.3, 0.4) is 0 Å². The van der Waals surface area contributed by atoms with Crippen molar-refractivity contribution in [1.82, 2.24) is 8.61 Å². The Hall–Kier alpha value is -3.26. The topological polar surface area (TPSA) is 90.5 Å². The Kier molecular flexibility index (Phi) is 8.00. The van der Waals surface area contributed by atoms with Gasteiger partial charge in [-0.05, 0) is 42.5 Å². The first-order valence-electron chi connectivity index (χ1n) is 12.8. The van der Waals surface area contributed by atoms with E-state index in [1.54, 1.807) is 46.2 Å². The van der Waals surface area contributed by atoms with Crippen LogP contribution in [-0.4, -0.2) is 84.9 Å². The Morgan fingerprint density at radius 2 is 1.07 bits per heavy atom. The van der Waals surface area contributed by atoms with Gasteiger partial charge in [-0.3, -0.25) is 0 Å². The van der Waals surface area contributed by atoms with Crippen LogP contribution < -0.4 is 14.5 Å². The molecule has 0 saturated carbocycles. The molecule has 0 amide bonds. The monoisotopic (exact) mass is 592 g/mol. The maximum atomic E-state index is 14.2. The van der Waals surface area contributed by atoms with E-state index in [1.165, 1.54) is 40.0 Å². The lowest BCUT2D eigenvalue weighted by Crippen LogP contribution is -2.49. The van der Waals surface area contributed by atoms with Crippen molar-refractivity contribution in [2.24, 2.45) is 0 Å². The average molecular weight is 593 g/mol. The fourth-order valence-corrected chi connectivity index (χ4v) is 8.19. The zero-order chi connectivity index (χ0) is 28.5. The van der Waals surface area contributed by atoms with Gasteiger partial charge in [-0.1, -0.05) is 24.3 Å². The number of hydrogen-bond acceptors (Lipinski definition) is 7. The van der Waals surface area contributed by atoms with Crippen molar-refractivity contribution >= 4 is 31.4 Å². The van der Waals surface area contributed by atoms with Gasteiger partial charge in [-0.25, -0.2) is 25.6 Å². The fraction of sp³-hybridized carbons (Fsp3) is 0.333. The molecule has 2 heterocycles. The molecule has 2 saturated heterocycles. The van der Waals surface area contributed by atoms with Crippen LogP contribution >= 0.6 is 0 Å². The Balaban J connectivity index is 1.34. The lowest BCUT2D eigenvalue weighted by Gasteiger charge is -2.36. The van der Waals surface area contributed by atoms with E-state index < -0.39 is 20.0 Å². The van der Waals surface area contributed by atoms with E-state index in [9.17, 15) is 25.6 Å². The number of sulfonamides is 2. The number of rotatable bonds is 7. The molecule has 214 valence electrons. The minimum atomic E-state index is -4.13. The normalized spacial score (nSPS) is 17.7. The number of hydrogen-bond donors (Lipinski definition) is 0. The molecule has 0 aliphatic carbocycles. The van der Waals surface area contributed by atoms with E-state index in [0.717, 1.165) is 6.07 Å². The molecule has 0 atom stereocenters. The number of ether oxygens (including phenoxy) is 1. The second-order valence-corrected chi connectivity index (χ2v) is 13.3. The van der Waals surface area contributed by atoms with Crippen molar-refractivity contribution in [3.63, 3.8) is 0 Å². The van der Waals surface area contributed by atoms with Crippen molar-refractivity contribution < 1.29 is 30.4 Å². The predicted octanol–water partition coefficient (Wildman–Crippen LogP) is 3.00. The summed E-state index contributed by atoms with van der Waals surface area (Å²) in [6, 6.07) is 16.4. The molecular formula is C27H30F2N4O5S2. The van der Waals surface area contributed by atoms with Crippen LogP contribution in [0.15, 0.2) is 76.5 Å². The van der Waals surface area contributed by atoms with Crippen molar-refractivity contribution in [1.29, 1.82) is 0 Å². The van der Waals surface area contributed by atoms with Gasteiger partial charge in [-0.15, -0.1) is 0 Å². The van der Waals surface area contributed by atoms with Crippen LogP contribution in [-0.2, 0) is 20.0 Å². The highest BCUT2D eigenvalue weighted by molar-refractivity contribution is 7.90. The molecule has 9 nitrogen and oxygen atoms in total. The van der Waals surface area contributed by atoms with Crippen LogP contribution in [0.25, 0.3) is 0 Å². The Morgan fingerprint density at radius 3 is 1.52 bits per heavy atom. The highest BCUT2D eigenvalue weighted by atomic mass is 32.2. The molecule has 3 aromatic carbocycles. The van der Waals surface area contributed by atoms with Gasteiger partial charge in [0.1, 0.15) is 22.3 Å². The SMILES string of the molecule is COc1ccc(S(=O)(=O)N2CCN(c3ccccc3F)CC2)cc1S(=O)(=O)N1CCN(c2ccccc2F)CC1. The fourth-order valence-electron chi connectivity index (χ4n) is 5.06. The molecule has 0 spiro atoms. The number of nitrogens with zero attached hydrogens (tertiary/aromatic N) is 4. The Morgan fingerprint density at radius 1 is 0.625 bits per heavy atom. The summed E-state index contributed by atoms with van der Waals surface area (Å²) in [7, 11) is -6.85. The molecule has 3 aromatic rings. The number of anilines is 2. The highest BCUT2D eigenvalue weighted by Crippen LogP contribution is 2.32. The third-order valence-corrected chi connectivity index (χ3v) is 11.1. The van der Waals surface area contributed by atoms with E-state index in [1.807, 2.05) is 0 Å². The van der Waals surface area contributed by atoms with Gasteiger partial charge < -0.3 is 14.5 Å². The smallest absolute Gasteiger partial charge is 0.246 e. The molecule has 40 heavy (non-hydrogen) atoms. The van der Waals surface area contributed by atoms with Crippen molar-refractivity contribution in [3.05, 3.63) is 78.4 Å². The van der Waals surface area contributed by atoms with E-state index in [4.69, 9.17) is 4.74 Å². The zero-order valence-corrected chi connectivity index (χ0v) is 23.5. The predicted molar refractivity (Wildman–Crippen MR) is 148 cm³/mol. The molecule has 2 aliphatic rings. The average Bonchev–Trinajstić information content (AvgIpc) is 2.97. The van der Waals surface area contributed by atoms with Gasteiger partial charge in [0.25, 0.3) is 0 Å². The first kappa shape index (κ1) is 28.3. The molecule has 2 fully saturated rings. The highest BCUT2D eigenvalue weighted by Gasteiger charge is 2.35. The molecule has 0 unspecified atom stereocenters. The van der Waals surface area contributed by atoms with E-state index in [-0.39, 0.29) is 79.5 Å². The second-order valence-electron chi connectivity index (χ2n) is 9.50. The van der Waals surface area contributed by atoms with Crippen LogP contribution in [0.2, 0.25) is 0 Å². The van der Waals surface area contributed by atoms with Gasteiger partial charge in [0.05, 0.1) is 23.4 Å². The lowest BCUT2D eigenvalue weighted by molar-refractivity contribution is 0.372. The summed E-state index contributed by atoms with van der Waals surface area (Å²) in [6.07, 6.45) is 0. The number of para-hydroxylation sites is 2. The van der Waals surface area contributed by atoms with Crippen molar-refractivity contribution in [2.45, 2.75) is 9.79 Å². The first-order chi connectivity index (χ1) is 19.1. The third kappa shape index (κ3) is 5.38. The second kappa shape index (κ2) is 11.3. The maximum absolute atomic E-state index is 14.2. The minimum absolute atomic E-state index is 0.0276. The molecular weight excluding hydrogens is 562 g/mol. The summed E-state index contributed by atoms with van der Waals surface area (Å²) >= 11 is 0. The zero-order valence-electron chi connectivity index (χ0n) is 21.9. The van der Waals surface area contributed by atoms with E-state index >= 15 is 0 Å². The summed E-state index contributed by atoms with van der Waals surface area (Å²) < 4.78 is 90.7. The van der Waals surface area contributed by atoms with Gasteiger partial charge in [0, 0.05) is 52.4 Å². The number of piperazine rings is 2.